The summed E-state index contributed by atoms with van der Waals surface area (Å²) in [5, 5.41) is 8.85. The van der Waals surface area contributed by atoms with Crippen LogP contribution in [0.15, 0.2) is 0 Å². The standard InChI is InChI=1S/C8H15F3N2O/c1-12-2-4-13(5-3-12)6-7(14)8(9,10)11/h7,14H,2-6H2,1H3/p+2/t7-/m1/s1. The molecule has 0 saturated carbocycles. The van der Waals surface area contributed by atoms with Crippen LogP contribution in [0.4, 0.5) is 13.2 Å². The maximum atomic E-state index is 12.0. The Morgan fingerprint density at radius 3 is 2.14 bits per heavy atom. The first-order chi connectivity index (χ1) is 6.39. The van der Waals surface area contributed by atoms with Crippen LogP contribution in [0.2, 0.25) is 0 Å². The third-order valence-electron chi connectivity index (χ3n) is 2.67. The highest BCUT2D eigenvalue weighted by Gasteiger charge is 2.41. The molecule has 0 aromatic rings. The number of halogens is 3. The maximum absolute atomic E-state index is 12.0. The van der Waals surface area contributed by atoms with Gasteiger partial charge >= 0.3 is 6.18 Å². The minimum absolute atomic E-state index is 0.212. The molecular formula is C8H17F3N2O+2. The van der Waals surface area contributed by atoms with Gasteiger partial charge in [0.1, 0.15) is 32.7 Å². The number of aliphatic hydroxyl groups excluding tert-OH is 1. The van der Waals surface area contributed by atoms with E-state index in [0.717, 1.165) is 18.0 Å². The fourth-order valence-corrected chi connectivity index (χ4v) is 1.62. The highest BCUT2D eigenvalue weighted by atomic mass is 19.4. The maximum Gasteiger partial charge on any atom is 0.419 e. The van der Waals surface area contributed by atoms with Crippen molar-refractivity contribution in [1.29, 1.82) is 0 Å². The van der Waals surface area contributed by atoms with Gasteiger partial charge in [0.05, 0.1) is 7.05 Å². The predicted octanol–water partition coefficient (Wildman–Crippen LogP) is -2.68. The molecule has 0 radical (unpaired) electrons. The second-order valence-corrected chi connectivity index (χ2v) is 3.97. The number of nitrogens with one attached hydrogen (secondary N) is 2. The van der Waals surface area contributed by atoms with E-state index in [2.05, 4.69) is 0 Å². The molecule has 1 aliphatic heterocycles. The van der Waals surface area contributed by atoms with Gasteiger partial charge in [-0.25, -0.2) is 0 Å². The first-order valence-electron chi connectivity index (χ1n) is 4.79. The Kier molecular flexibility index (Phi) is 3.74. The van der Waals surface area contributed by atoms with E-state index in [1.54, 1.807) is 0 Å². The summed E-state index contributed by atoms with van der Waals surface area (Å²) in [6.45, 7) is 2.95. The van der Waals surface area contributed by atoms with Crippen LogP contribution < -0.4 is 9.80 Å². The molecular weight excluding hydrogens is 197 g/mol. The molecule has 1 aliphatic rings. The Hall–Kier alpha value is -0.330. The molecule has 0 aliphatic carbocycles. The van der Waals surface area contributed by atoms with E-state index in [1.165, 1.54) is 4.90 Å². The molecule has 1 saturated heterocycles. The molecule has 0 unspecified atom stereocenters. The first-order valence-corrected chi connectivity index (χ1v) is 4.79. The topological polar surface area (TPSA) is 29.1 Å². The summed E-state index contributed by atoms with van der Waals surface area (Å²) in [6, 6.07) is 0. The molecule has 3 N–H and O–H groups in total. The Morgan fingerprint density at radius 1 is 1.21 bits per heavy atom. The zero-order chi connectivity index (χ0) is 10.8. The van der Waals surface area contributed by atoms with Crippen LogP contribution in [0, 0.1) is 0 Å². The lowest BCUT2D eigenvalue weighted by Gasteiger charge is -2.29. The van der Waals surface area contributed by atoms with E-state index >= 15 is 0 Å². The Morgan fingerprint density at radius 2 is 1.71 bits per heavy atom. The molecule has 84 valence electrons. The van der Waals surface area contributed by atoms with Crippen LogP contribution in [0.3, 0.4) is 0 Å². The molecule has 0 spiro atoms. The van der Waals surface area contributed by atoms with Crippen LogP contribution in [0.25, 0.3) is 0 Å². The van der Waals surface area contributed by atoms with Crippen LogP contribution >= 0.6 is 0 Å². The molecule has 3 nitrogen and oxygen atoms in total. The van der Waals surface area contributed by atoms with Gasteiger partial charge in [0.2, 0.25) is 0 Å². The van der Waals surface area contributed by atoms with E-state index in [0.29, 0.717) is 13.1 Å². The lowest BCUT2D eigenvalue weighted by atomic mass is 10.2. The number of hydrogen-bond donors (Lipinski definition) is 3. The molecule has 1 atom stereocenters. The summed E-state index contributed by atoms with van der Waals surface area (Å²) < 4.78 is 36.0. The normalized spacial score (nSPS) is 31.5. The number of piperazine rings is 1. The fourth-order valence-electron chi connectivity index (χ4n) is 1.62. The fraction of sp³-hybridized carbons (Fsp3) is 1.00. The van der Waals surface area contributed by atoms with Crippen LogP contribution in [0.1, 0.15) is 0 Å². The highest BCUT2D eigenvalue weighted by Crippen LogP contribution is 2.18. The molecule has 1 heterocycles. The largest absolute Gasteiger partial charge is 0.419 e. The van der Waals surface area contributed by atoms with E-state index in [1.807, 2.05) is 7.05 Å². The number of hydrogen-bond acceptors (Lipinski definition) is 1. The summed E-state index contributed by atoms with van der Waals surface area (Å²) in [5.74, 6) is 0. The average molecular weight is 214 g/mol. The van der Waals surface area contributed by atoms with Crippen LogP contribution in [-0.4, -0.2) is 57.2 Å². The summed E-state index contributed by atoms with van der Waals surface area (Å²) in [6.07, 6.45) is -6.64. The average Bonchev–Trinajstić information content (AvgIpc) is 2.07. The van der Waals surface area contributed by atoms with Gasteiger partial charge in [-0.15, -0.1) is 0 Å². The Balaban J connectivity index is 2.31. The zero-order valence-corrected chi connectivity index (χ0v) is 8.19. The second-order valence-electron chi connectivity index (χ2n) is 3.97. The molecule has 0 bridgehead atoms. The minimum Gasteiger partial charge on any atom is -0.379 e. The van der Waals surface area contributed by atoms with E-state index in [4.69, 9.17) is 5.11 Å². The smallest absolute Gasteiger partial charge is 0.379 e. The summed E-state index contributed by atoms with van der Waals surface area (Å²) in [7, 11) is 2.02. The van der Waals surface area contributed by atoms with Crippen LogP contribution in [-0.2, 0) is 0 Å². The van der Waals surface area contributed by atoms with Gasteiger partial charge < -0.3 is 14.9 Å². The molecule has 6 heteroatoms. The van der Waals surface area contributed by atoms with Gasteiger partial charge in [0, 0.05) is 0 Å². The molecule has 0 amide bonds. The summed E-state index contributed by atoms with van der Waals surface area (Å²) >= 11 is 0. The monoisotopic (exact) mass is 214 g/mol. The summed E-state index contributed by atoms with van der Waals surface area (Å²) in [4.78, 5) is 2.19. The molecule has 14 heavy (non-hydrogen) atoms. The predicted molar refractivity (Wildman–Crippen MR) is 44.2 cm³/mol. The van der Waals surface area contributed by atoms with Gasteiger partial charge in [-0.3, -0.25) is 0 Å². The van der Waals surface area contributed by atoms with Gasteiger partial charge in [0.15, 0.2) is 6.10 Å². The summed E-state index contributed by atoms with van der Waals surface area (Å²) in [5.41, 5.74) is 0. The second kappa shape index (κ2) is 4.46. The highest BCUT2D eigenvalue weighted by molar-refractivity contribution is 4.62. The van der Waals surface area contributed by atoms with E-state index in [9.17, 15) is 13.2 Å². The van der Waals surface area contributed by atoms with Crippen molar-refractivity contribution >= 4 is 0 Å². The molecule has 0 aromatic carbocycles. The van der Waals surface area contributed by atoms with Crippen molar-refractivity contribution in [3.05, 3.63) is 0 Å². The minimum atomic E-state index is -4.47. The molecule has 1 rings (SSSR count). The van der Waals surface area contributed by atoms with Crippen molar-refractivity contribution in [3.8, 4) is 0 Å². The van der Waals surface area contributed by atoms with Crippen molar-refractivity contribution in [1.82, 2.24) is 0 Å². The SMILES string of the molecule is C[NH+]1CC[NH+](C[C@@H](O)C(F)(F)F)CC1. The lowest BCUT2D eigenvalue weighted by Crippen LogP contribution is -3.27. The van der Waals surface area contributed by atoms with Crippen molar-refractivity contribution in [3.63, 3.8) is 0 Å². The first kappa shape index (κ1) is 11.7. The third kappa shape index (κ3) is 3.43. The van der Waals surface area contributed by atoms with Gasteiger partial charge in [-0.05, 0) is 0 Å². The van der Waals surface area contributed by atoms with Crippen molar-refractivity contribution in [2.45, 2.75) is 12.3 Å². The van der Waals surface area contributed by atoms with Gasteiger partial charge in [-0.1, -0.05) is 0 Å². The zero-order valence-electron chi connectivity index (χ0n) is 8.19. The lowest BCUT2D eigenvalue weighted by molar-refractivity contribution is -1.01. The number of likely N-dealkylation sites (N-methyl/N-ethyl adjacent to an activating group) is 1. The Labute approximate surface area is 81.1 Å². The van der Waals surface area contributed by atoms with Crippen molar-refractivity contribution < 1.29 is 28.1 Å². The van der Waals surface area contributed by atoms with Crippen molar-refractivity contribution in [2.75, 3.05) is 39.8 Å². The third-order valence-corrected chi connectivity index (χ3v) is 2.67. The quantitative estimate of drug-likeness (QED) is 0.459. The van der Waals surface area contributed by atoms with Gasteiger partial charge in [-0.2, -0.15) is 13.2 Å². The van der Waals surface area contributed by atoms with Crippen molar-refractivity contribution in [2.24, 2.45) is 0 Å². The number of alkyl halides is 3. The Bertz CT molecular complexity index is 178. The molecule has 1 fully saturated rings. The number of aliphatic hydroxyl groups is 1. The van der Waals surface area contributed by atoms with E-state index in [-0.39, 0.29) is 6.54 Å². The molecule has 0 aromatic heterocycles. The van der Waals surface area contributed by atoms with E-state index < -0.39 is 12.3 Å². The number of rotatable bonds is 2. The van der Waals surface area contributed by atoms with Crippen LogP contribution in [0.5, 0.6) is 0 Å². The number of quaternary nitrogens is 2. The van der Waals surface area contributed by atoms with Gasteiger partial charge in [0.25, 0.3) is 0 Å².